The van der Waals surface area contributed by atoms with Crippen LogP contribution in [-0.4, -0.2) is 29.7 Å². The van der Waals surface area contributed by atoms with Crippen LogP contribution in [0.5, 0.6) is 0 Å². The van der Waals surface area contributed by atoms with E-state index in [0.717, 1.165) is 27.5 Å². The molecule has 0 saturated carbocycles. The number of rotatable bonds is 6. The van der Waals surface area contributed by atoms with Crippen molar-refractivity contribution in [3.8, 4) is 0 Å². The topological polar surface area (TPSA) is 47.0 Å². The normalized spacial score (nSPS) is 10.6. The maximum Gasteiger partial charge on any atom is 0.210 e. The van der Waals surface area contributed by atoms with Gasteiger partial charge in [-0.3, -0.25) is 0 Å². The third kappa shape index (κ3) is 3.97. The van der Waals surface area contributed by atoms with Crippen LogP contribution >= 0.6 is 23.1 Å². The van der Waals surface area contributed by atoms with E-state index in [9.17, 15) is 0 Å². The van der Waals surface area contributed by atoms with E-state index in [2.05, 4.69) is 34.6 Å². The average Bonchev–Trinajstić information content (AvgIpc) is 2.77. The number of nitrogens with one attached hydrogen (secondary N) is 1. The zero-order chi connectivity index (χ0) is 12.8. The number of hydrogen-bond acceptors (Lipinski definition) is 6. The van der Waals surface area contributed by atoms with Crippen molar-refractivity contribution in [2.75, 3.05) is 24.8 Å². The number of nitrogens with zero attached hydrogens (tertiary/aromatic N) is 2. The molecule has 0 unspecified atom stereocenters. The molecule has 2 rings (SSSR count). The van der Waals surface area contributed by atoms with Gasteiger partial charge in [0.2, 0.25) is 5.13 Å². The standard InChI is InChI=1S/C12H15N3OS2/c1-9-4-3-5-10(8-9)13-11-14-15-12(18-11)17-7-6-16-2/h3-5,8H,6-7H2,1-2H3,(H,13,14). The van der Waals surface area contributed by atoms with Crippen LogP contribution < -0.4 is 5.32 Å². The van der Waals surface area contributed by atoms with Crippen LogP contribution in [0.1, 0.15) is 5.56 Å². The Morgan fingerprint density at radius 1 is 1.39 bits per heavy atom. The predicted molar refractivity (Wildman–Crippen MR) is 77.0 cm³/mol. The number of benzene rings is 1. The fraction of sp³-hybridized carbons (Fsp3) is 0.333. The van der Waals surface area contributed by atoms with Crippen molar-refractivity contribution in [3.05, 3.63) is 29.8 Å². The zero-order valence-electron chi connectivity index (χ0n) is 10.3. The van der Waals surface area contributed by atoms with Crippen LogP contribution in [0.25, 0.3) is 0 Å². The summed E-state index contributed by atoms with van der Waals surface area (Å²) >= 11 is 3.22. The average molecular weight is 281 g/mol. The Morgan fingerprint density at radius 2 is 2.28 bits per heavy atom. The molecule has 0 aliphatic heterocycles. The van der Waals surface area contributed by atoms with Crippen molar-refractivity contribution in [1.29, 1.82) is 0 Å². The fourth-order valence-corrected chi connectivity index (χ4v) is 3.12. The number of methoxy groups -OCH3 is 1. The third-order valence-corrected chi connectivity index (χ3v) is 4.13. The molecule has 6 heteroatoms. The van der Waals surface area contributed by atoms with E-state index in [1.54, 1.807) is 30.2 Å². The molecule has 1 aromatic heterocycles. The molecule has 0 bridgehead atoms. The quantitative estimate of drug-likeness (QED) is 0.650. The monoisotopic (exact) mass is 281 g/mol. The van der Waals surface area contributed by atoms with E-state index in [1.165, 1.54) is 5.56 Å². The highest BCUT2D eigenvalue weighted by atomic mass is 32.2. The van der Waals surface area contributed by atoms with Crippen LogP contribution in [0.15, 0.2) is 28.6 Å². The van der Waals surface area contributed by atoms with E-state index in [4.69, 9.17) is 4.74 Å². The van der Waals surface area contributed by atoms with Crippen molar-refractivity contribution >= 4 is 33.9 Å². The molecule has 4 nitrogen and oxygen atoms in total. The highest BCUT2D eigenvalue weighted by Gasteiger charge is 2.04. The van der Waals surface area contributed by atoms with Gasteiger partial charge in [-0.2, -0.15) is 0 Å². The van der Waals surface area contributed by atoms with Gasteiger partial charge in [0.15, 0.2) is 4.34 Å². The number of aryl methyl sites for hydroxylation is 1. The molecule has 0 spiro atoms. The van der Waals surface area contributed by atoms with Gasteiger partial charge in [0.25, 0.3) is 0 Å². The molecule has 18 heavy (non-hydrogen) atoms. The Kier molecular flexibility index (Phi) is 4.98. The number of ether oxygens (including phenoxy) is 1. The summed E-state index contributed by atoms with van der Waals surface area (Å²) < 4.78 is 5.96. The maximum absolute atomic E-state index is 5.00. The molecule has 96 valence electrons. The molecule has 0 saturated heterocycles. The Bertz CT molecular complexity index is 502. The lowest BCUT2D eigenvalue weighted by atomic mass is 10.2. The molecule has 2 aromatic rings. The van der Waals surface area contributed by atoms with Gasteiger partial charge in [0.05, 0.1) is 6.61 Å². The minimum absolute atomic E-state index is 0.727. The summed E-state index contributed by atoms with van der Waals surface area (Å²) in [6.45, 7) is 2.79. The van der Waals surface area contributed by atoms with Crippen LogP contribution in [0.4, 0.5) is 10.8 Å². The maximum atomic E-state index is 5.00. The molecule has 1 aromatic carbocycles. The van der Waals surface area contributed by atoms with Gasteiger partial charge in [0, 0.05) is 18.6 Å². The first kappa shape index (κ1) is 13.3. The molecular formula is C12H15N3OS2. The fourth-order valence-electron chi connectivity index (χ4n) is 1.38. The first-order valence-corrected chi connectivity index (χ1v) is 7.37. The molecule has 1 N–H and O–H groups in total. The largest absolute Gasteiger partial charge is 0.384 e. The van der Waals surface area contributed by atoms with Gasteiger partial charge < -0.3 is 10.1 Å². The lowest BCUT2D eigenvalue weighted by Gasteiger charge is -2.01. The van der Waals surface area contributed by atoms with Crippen LogP contribution in [0.3, 0.4) is 0 Å². The van der Waals surface area contributed by atoms with Crippen molar-refractivity contribution in [1.82, 2.24) is 10.2 Å². The van der Waals surface area contributed by atoms with Crippen molar-refractivity contribution < 1.29 is 4.74 Å². The lowest BCUT2D eigenvalue weighted by molar-refractivity contribution is 0.218. The molecule has 0 atom stereocenters. The Hall–Kier alpha value is -1.11. The number of anilines is 2. The Labute approximate surface area is 115 Å². The summed E-state index contributed by atoms with van der Waals surface area (Å²) in [6, 6.07) is 8.19. The third-order valence-electron chi connectivity index (χ3n) is 2.19. The van der Waals surface area contributed by atoms with Crippen molar-refractivity contribution in [2.24, 2.45) is 0 Å². The van der Waals surface area contributed by atoms with Crippen LogP contribution in [-0.2, 0) is 4.74 Å². The van der Waals surface area contributed by atoms with E-state index in [-0.39, 0.29) is 0 Å². The first-order valence-electron chi connectivity index (χ1n) is 5.57. The number of thioether (sulfide) groups is 1. The van der Waals surface area contributed by atoms with Crippen molar-refractivity contribution in [3.63, 3.8) is 0 Å². The first-order chi connectivity index (χ1) is 8.78. The van der Waals surface area contributed by atoms with E-state index in [0.29, 0.717) is 0 Å². The second kappa shape index (κ2) is 6.72. The molecular weight excluding hydrogens is 266 g/mol. The van der Waals surface area contributed by atoms with Crippen molar-refractivity contribution in [2.45, 2.75) is 11.3 Å². The Morgan fingerprint density at radius 3 is 3.06 bits per heavy atom. The van der Waals surface area contributed by atoms with Crippen LogP contribution in [0, 0.1) is 6.92 Å². The summed E-state index contributed by atoms with van der Waals surface area (Å²) in [4.78, 5) is 0. The predicted octanol–water partition coefficient (Wildman–Crippen LogP) is 3.33. The van der Waals surface area contributed by atoms with E-state index in [1.807, 2.05) is 12.1 Å². The molecule has 0 aliphatic carbocycles. The minimum Gasteiger partial charge on any atom is -0.384 e. The van der Waals surface area contributed by atoms with E-state index >= 15 is 0 Å². The smallest absolute Gasteiger partial charge is 0.210 e. The molecule has 0 radical (unpaired) electrons. The highest BCUT2D eigenvalue weighted by molar-refractivity contribution is 8.01. The summed E-state index contributed by atoms with van der Waals surface area (Å²) in [5.74, 6) is 0.898. The summed E-state index contributed by atoms with van der Waals surface area (Å²) in [6.07, 6.45) is 0. The van der Waals surface area contributed by atoms with Gasteiger partial charge in [-0.25, -0.2) is 0 Å². The second-order valence-electron chi connectivity index (χ2n) is 3.71. The molecule has 0 fully saturated rings. The van der Waals surface area contributed by atoms with Gasteiger partial charge in [-0.1, -0.05) is 35.2 Å². The van der Waals surface area contributed by atoms with E-state index < -0.39 is 0 Å². The SMILES string of the molecule is COCCSc1nnc(Nc2cccc(C)c2)s1. The second-order valence-corrected chi connectivity index (χ2v) is 6.03. The molecule has 0 amide bonds. The number of aromatic nitrogens is 2. The van der Waals surface area contributed by atoms with Gasteiger partial charge >= 0.3 is 0 Å². The Balaban J connectivity index is 1.94. The molecule has 1 heterocycles. The number of hydrogen-bond donors (Lipinski definition) is 1. The zero-order valence-corrected chi connectivity index (χ0v) is 12.0. The van der Waals surface area contributed by atoms with Gasteiger partial charge in [0.1, 0.15) is 0 Å². The van der Waals surface area contributed by atoms with Crippen LogP contribution in [0.2, 0.25) is 0 Å². The highest BCUT2D eigenvalue weighted by Crippen LogP contribution is 2.27. The van der Waals surface area contributed by atoms with Gasteiger partial charge in [-0.15, -0.1) is 10.2 Å². The summed E-state index contributed by atoms with van der Waals surface area (Å²) in [7, 11) is 1.70. The summed E-state index contributed by atoms with van der Waals surface area (Å²) in [5.41, 5.74) is 2.26. The molecule has 0 aliphatic rings. The minimum atomic E-state index is 0.727. The lowest BCUT2D eigenvalue weighted by Crippen LogP contribution is -1.90. The summed E-state index contributed by atoms with van der Waals surface area (Å²) in [5, 5.41) is 12.3. The van der Waals surface area contributed by atoms with Gasteiger partial charge in [-0.05, 0) is 24.6 Å².